The van der Waals surface area contributed by atoms with Crippen molar-refractivity contribution < 1.29 is 18.3 Å². The zero-order chi connectivity index (χ0) is 13.1. The van der Waals surface area contributed by atoms with E-state index in [1.165, 1.54) is 6.92 Å². The van der Waals surface area contributed by atoms with Gasteiger partial charge in [-0.1, -0.05) is 26.2 Å². The minimum absolute atomic E-state index is 0.0968. The molecule has 1 aliphatic rings. The summed E-state index contributed by atoms with van der Waals surface area (Å²) in [4.78, 5) is 10.7. The lowest BCUT2D eigenvalue weighted by Crippen LogP contribution is -2.44. The lowest BCUT2D eigenvalue weighted by atomic mass is 9.85. The molecule has 3 unspecified atom stereocenters. The Morgan fingerprint density at radius 2 is 2.12 bits per heavy atom. The summed E-state index contributed by atoms with van der Waals surface area (Å²) in [7, 11) is -3.74. The molecular weight excluding hydrogens is 242 g/mol. The second-order valence-corrected chi connectivity index (χ2v) is 6.81. The van der Waals surface area contributed by atoms with E-state index in [9.17, 15) is 13.2 Å². The molecule has 0 radical (unpaired) electrons. The first-order valence-electron chi connectivity index (χ1n) is 6.10. The van der Waals surface area contributed by atoms with Crippen molar-refractivity contribution in [3.8, 4) is 0 Å². The van der Waals surface area contributed by atoms with Gasteiger partial charge in [-0.05, 0) is 25.7 Å². The minimum atomic E-state index is -3.74. The number of sulfonamides is 1. The molecule has 5 nitrogen and oxygen atoms in total. The SMILES string of the molecule is CCC1CCCC(NS(=O)(=O)C(C)C(=O)O)C1. The molecule has 6 heteroatoms. The van der Waals surface area contributed by atoms with Gasteiger partial charge in [0.25, 0.3) is 0 Å². The molecule has 0 heterocycles. The van der Waals surface area contributed by atoms with E-state index in [4.69, 9.17) is 5.11 Å². The van der Waals surface area contributed by atoms with E-state index >= 15 is 0 Å². The lowest BCUT2D eigenvalue weighted by Gasteiger charge is -2.29. The number of rotatable bonds is 5. The molecule has 0 aromatic heterocycles. The van der Waals surface area contributed by atoms with Crippen molar-refractivity contribution in [2.45, 2.75) is 57.2 Å². The highest BCUT2D eigenvalue weighted by atomic mass is 32.2. The van der Waals surface area contributed by atoms with Gasteiger partial charge in [-0.25, -0.2) is 13.1 Å². The highest BCUT2D eigenvalue weighted by Crippen LogP contribution is 2.27. The van der Waals surface area contributed by atoms with Crippen LogP contribution in [0.25, 0.3) is 0 Å². The first-order chi connectivity index (χ1) is 7.86. The van der Waals surface area contributed by atoms with Crippen LogP contribution in [-0.4, -0.2) is 30.8 Å². The topological polar surface area (TPSA) is 83.5 Å². The Hall–Kier alpha value is -0.620. The summed E-state index contributed by atoms with van der Waals surface area (Å²) in [5, 5.41) is 7.34. The van der Waals surface area contributed by atoms with Gasteiger partial charge >= 0.3 is 5.97 Å². The Morgan fingerprint density at radius 3 is 2.65 bits per heavy atom. The Bertz CT molecular complexity index is 366. The third kappa shape index (κ3) is 3.96. The summed E-state index contributed by atoms with van der Waals surface area (Å²) >= 11 is 0. The largest absolute Gasteiger partial charge is 0.480 e. The predicted molar refractivity (Wildman–Crippen MR) is 65.2 cm³/mol. The third-order valence-electron chi connectivity index (χ3n) is 3.50. The second kappa shape index (κ2) is 5.82. The standard InChI is InChI=1S/C11H21NO4S/c1-3-9-5-4-6-10(7-9)12-17(15,16)8(2)11(13)14/h8-10,12H,3-7H2,1-2H3,(H,13,14). The van der Waals surface area contributed by atoms with Gasteiger partial charge in [-0.15, -0.1) is 0 Å². The van der Waals surface area contributed by atoms with Gasteiger partial charge in [0.1, 0.15) is 0 Å². The van der Waals surface area contributed by atoms with Crippen LogP contribution in [0.4, 0.5) is 0 Å². The molecule has 1 aliphatic carbocycles. The van der Waals surface area contributed by atoms with Crippen LogP contribution in [0.2, 0.25) is 0 Å². The Balaban J connectivity index is 2.61. The monoisotopic (exact) mass is 263 g/mol. The number of hydrogen-bond acceptors (Lipinski definition) is 3. The van der Waals surface area contributed by atoms with Gasteiger partial charge in [0.05, 0.1) is 0 Å². The van der Waals surface area contributed by atoms with Crippen LogP contribution in [0.1, 0.15) is 46.0 Å². The number of carboxylic acid groups (broad SMARTS) is 1. The molecule has 0 saturated heterocycles. The minimum Gasteiger partial charge on any atom is -0.480 e. The first-order valence-corrected chi connectivity index (χ1v) is 7.65. The van der Waals surface area contributed by atoms with Crippen LogP contribution in [-0.2, 0) is 14.8 Å². The van der Waals surface area contributed by atoms with Gasteiger partial charge in [0, 0.05) is 6.04 Å². The summed E-state index contributed by atoms with van der Waals surface area (Å²) in [6, 6.07) is -0.0968. The highest BCUT2D eigenvalue weighted by molar-refractivity contribution is 7.90. The number of hydrogen-bond donors (Lipinski definition) is 2. The van der Waals surface area contributed by atoms with E-state index in [-0.39, 0.29) is 6.04 Å². The molecule has 0 aromatic carbocycles. The summed E-state index contributed by atoms with van der Waals surface area (Å²) in [5.41, 5.74) is 0. The molecule has 1 rings (SSSR count). The lowest BCUT2D eigenvalue weighted by molar-refractivity contribution is -0.136. The fourth-order valence-electron chi connectivity index (χ4n) is 2.24. The maximum Gasteiger partial charge on any atom is 0.323 e. The van der Waals surface area contributed by atoms with E-state index in [1.807, 2.05) is 0 Å². The van der Waals surface area contributed by atoms with Gasteiger partial charge in [0.2, 0.25) is 10.0 Å². The molecule has 0 spiro atoms. The van der Waals surface area contributed by atoms with Gasteiger partial charge < -0.3 is 5.11 Å². The van der Waals surface area contributed by atoms with Crippen LogP contribution < -0.4 is 4.72 Å². The van der Waals surface area contributed by atoms with Gasteiger partial charge in [-0.2, -0.15) is 0 Å². The fraction of sp³-hybridized carbons (Fsp3) is 0.909. The number of nitrogens with one attached hydrogen (secondary N) is 1. The molecule has 1 fully saturated rings. The van der Waals surface area contributed by atoms with E-state index in [2.05, 4.69) is 11.6 Å². The van der Waals surface area contributed by atoms with Crippen molar-refractivity contribution in [1.29, 1.82) is 0 Å². The average molecular weight is 263 g/mol. The molecule has 0 bridgehead atoms. The fourth-order valence-corrected chi connectivity index (χ4v) is 3.38. The molecule has 17 heavy (non-hydrogen) atoms. The van der Waals surface area contributed by atoms with Crippen LogP contribution in [0.15, 0.2) is 0 Å². The van der Waals surface area contributed by atoms with E-state index in [0.717, 1.165) is 32.1 Å². The number of carbonyl (C=O) groups is 1. The van der Waals surface area contributed by atoms with E-state index in [1.54, 1.807) is 0 Å². The zero-order valence-corrected chi connectivity index (χ0v) is 11.2. The summed E-state index contributed by atoms with van der Waals surface area (Å²) in [5.74, 6) is -0.753. The van der Waals surface area contributed by atoms with Gasteiger partial charge in [-0.3, -0.25) is 4.79 Å². The molecule has 100 valence electrons. The molecule has 0 aliphatic heterocycles. The molecule has 0 amide bonds. The van der Waals surface area contributed by atoms with Crippen molar-refractivity contribution >= 4 is 16.0 Å². The molecule has 1 saturated carbocycles. The number of aliphatic carboxylic acids is 1. The average Bonchev–Trinajstić information content (AvgIpc) is 2.27. The maximum absolute atomic E-state index is 11.7. The van der Waals surface area contributed by atoms with Crippen LogP contribution in [0.3, 0.4) is 0 Å². The van der Waals surface area contributed by atoms with Crippen LogP contribution in [0.5, 0.6) is 0 Å². The number of carboxylic acids is 1. The smallest absolute Gasteiger partial charge is 0.323 e. The van der Waals surface area contributed by atoms with Crippen molar-refractivity contribution in [3.05, 3.63) is 0 Å². The Morgan fingerprint density at radius 1 is 1.47 bits per heavy atom. The Kier molecular flexibility index (Phi) is 4.94. The molecular formula is C11H21NO4S. The molecule has 3 atom stereocenters. The Labute approximate surface area is 103 Å². The van der Waals surface area contributed by atoms with E-state index < -0.39 is 21.2 Å². The second-order valence-electron chi connectivity index (χ2n) is 4.78. The predicted octanol–water partition coefficient (Wildman–Crippen LogP) is 1.35. The normalized spacial score (nSPS) is 27.6. The quantitative estimate of drug-likeness (QED) is 0.784. The highest BCUT2D eigenvalue weighted by Gasteiger charge is 2.31. The van der Waals surface area contributed by atoms with Crippen LogP contribution in [0, 0.1) is 5.92 Å². The first kappa shape index (κ1) is 14.4. The van der Waals surface area contributed by atoms with Crippen molar-refractivity contribution in [1.82, 2.24) is 4.72 Å². The molecule has 0 aromatic rings. The van der Waals surface area contributed by atoms with E-state index in [0.29, 0.717) is 5.92 Å². The summed E-state index contributed by atoms with van der Waals surface area (Å²) in [6.45, 7) is 3.30. The summed E-state index contributed by atoms with van der Waals surface area (Å²) < 4.78 is 26.0. The maximum atomic E-state index is 11.7. The van der Waals surface area contributed by atoms with Crippen molar-refractivity contribution in [2.75, 3.05) is 0 Å². The van der Waals surface area contributed by atoms with Crippen molar-refractivity contribution in [3.63, 3.8) is 0 Å². The van der Waals surface area contributed by atoms with Gasteiger partial charge in [0.15, 0.2) is 5.25 Å². The third-order valence-corrected chi connectivity index (χ3v) is 5.30. The zero-order valence-electron chi connectivity index (χ0n) is 10.3. The van der Waals surface area contributed by atoms with Crippen molar-refractivity contribution in [2.24, 2.45) is 5.92 Å². The van der Waals surface area contributed by atoms with Crippen LogP contribution >= 0.6 is 0 Å². The summed E-state index contributed by atoms with van der Waals surface area (Å²) in [6.07, 6.45) is 4.83. The molecule has 2 N–H and O–H groups in total.